The number of nitrogens with two attached hydrogens (primary N) is 1. The zero-order chi connectivity index (χ0) is 11.9. The number of rotatable bonds is 2. The molecule has 1 heterocycles. The number of sulfone groups is 1. The highest BCUT2D eigenvalue weighted by Crippen LogP contribution is 2.32. The zero-order valence-electron chi connectivity index (χ0n) is 8.93. The SMILES string of the molecule is Cc1c(C(N)=O)cccc1C1CS(=O)(=O)C1. The van der Waals surface area contributed by atoms with Gasteiger partial charge in [0.1, 0.15) is 0 Å². The van der Waals surface area contributed by atoms with Crippen LogP contribution in [0.4, 0.5) is 0 Å². The van der Waals surface area contributed by atoms with Crippen molar-refractivity contribution in [2.24, 2.45) is 5.73 Å². The Bertz CT molecular complexity index is 536. The molecule has 1 saturated heterocycles. The van der Waals surface area contributed by atoms with Crippen LogP contribution in [-0.4, -0.2) is 25.8 Å². The molecule has 1 aromatic carbocycles. The van der Waals surface area contributed by atoms with Gasteiger partial charge in [0.15, 0.2) is 9.84 Å². The van der Waals surface area contributed by atoms with Crippen LogP contribution in [-0.2, 0) is 9.84 Å². The normalized spacial score (nSPS) is 19.1. The van der Waals surface area contributed by atoms with Crippen molar-refractivity contribution in [3.05, 3.63) is 34.9 Å². The molecule has 0 radical (unpaired) electrons. The van der Waals surface area contributed by atoms with Gasteiger partial charge in [-0.3, -0.25) is 4.79 Å². The molecule has 16 heavy (non-hydrogen) atoms. The van der Waals surface area contributed by atoms with E-state index in [0.29, 0.717) is 5.56 Å². The molecule has 2 N–H and O–H groups in total. The smallest absolute Gasteiger partial charge is 0.248 e. The Morgan fingerprint density at radius 1 is 1.38 bits per heavy atom. The van der Waals surface area contributed by atoms with Gasteiger partial charge in [-0.15, -0.1) is 0 Å². The van der Waals surface area contributed by atoms with Gasteiger partial charge in [-0.05, 0) is 24.1 Å². The van der Waals surface area contributed by atoms with Crippen molar-refractivity contribution in [2.45, 2.75) is 12.8 Å². The fourth-order valence-electron chi connectivity index (χ4n) is 2.11. The highest BCUT2D eigenvalue weighted by molar-refractivity contribution is 7.92. The Morgan fingerprint density at radius 3 is 2.50 bits per heavy atom. The zero-order valence-corrected chi connectivity index (χ0v) is 9.75. The van der Waals surface area contributed by atoms with Crippen molar-refractivity contribution < 1.29 is 13.2 Å². The lowest BCUT2D eigenvalue weighted by atomic mass is 9.93. The van der Waals surface area contributed by atoms with Crippen LogP contribution in [0.5, 0.6) is 0 Å². The predicted octanol–water partition coefficient (Wildman–Crippen LogP) is 0.606. The van der Waals surface area contributed by atoms with Crippen molar-refractivity contribution in [2.75, 3.05) is 11.5 Å². The number of benzene rings is 1. The molecule has 1 amide bonds. The minimum Gasteiger partial charge on any atom is -0.366 e. The summed E-state index contributed by atoms with van der Waals surface area (Å²) in [5.74, 6) is -0.0997. The molecule has 0 aromatic heterocycles. The number of hydrogen-bond acceptors (Lipinski definition) is 3. The van der Waals surface area contributed by atoms with Gasteiger partial charge in [-0.1, -0.05) is 12.1 Å². The number of amides is 1. The minimum absolute atomic E-state index is 0.0179. The van der Waals surface area contributed by atoms with Gasteiger partial charge >= 0.3 is 0 Å². The van der Waals surface area contributed by atoms with Crippen LogP contribution in [0.1, 0.15) is 27.4 Å². The lowest BCUT2D eigenvalue weighted by Crippen LogP contribution is -2.34. The maximum Gasteiger partial charge on any atom is 0.248 e. The van der Waals surface area contributed by atoms with Crippen molar-refractivity contribution in [1.82, 2.24) is 0 Å². The van der Waals surface area contributed by atoms with E-state index in [0.717, 1.165) is 11.1 Å². The van der Waals surface area contributed by atoms with Gasteiger partial charge in [0.2, 0.25) is 5.91 Å². The fourth-order valence-corrected chi connectivity index (χ4v) is 3.59. The molecule has 2 rings (SSSR count). The fraction of sp³-hybridized carbons (Fsp3) is 0.364. The van der Waals surface area contributed by atoms with E-state index < -0.39 is 15.7 Å². The van der Waals surface area contributed by atoms with Crippen LogP contribution >= 0.6 is 0 Å². The second kappa shape index (κ2) is 3.59. The molecular formula is C11H13NO3S. The van der Waals surface area contributed by atoms with Gasteiger partial charge in [0, 0.05) is 11.5 Å². The Kier molecular flexibility index (Phi) is 2.50. The van der Waals surface area contributed by atoms with Crippen LogP contribution < -0.4 is 5.73 Å². The molecule has 4 nitrogen and oxygen atoms in total. The third kappa shape index (κ3) is 1.82. The summed E-state index contributed by atoms with van der Waals surface area (Å²) in [6.45, 7) is 1.81. The van der Waals surface area contributed by atoms with Crippen molar-refractivity contribution in [1.29, 1.82) is 0 Å². The summed E-state index contributed by atoms with van der Waals surface area (Å²) in [6, 6.07) is 5.27. The molecular weight excluding hydrogens is 226 g/mol. The van der Waals surface area contributed by atoms with Gasteiger partial charge < -0.3 is 5.73 Å². The van der Waals surface area contributed by atoms with Gasteiger partial charge in [-0.25, -0.2) is 8.42 Å². The largest absolute Gasteiger partial charge is 0.366 e. The predicted molar refractivity (Wildman–Crippen MR) is 61.1 cm³/mol. The Morgan fingerprint density at radius 2 is 2.00 bits per heavy atom. The molecule has 1 fully saturated rings. The van der Waals surface area contributed by atoms with E-state index in [1.807, 2.05) is 6.07 Å². The number of primary amides is 1. The third-order valence-electron chi connectivity index (χ3n) is 2.99. The first-order valence-corrected chi connectivity index (χ1v) is 6.82. The van der Waals surface area contributed by atoms with Crippen LogP contribution in [0.3, 0.4) is 0 Å². The lowest BCUT2D eigenvalue weighted by Gasteiger charge is -2.27. The molecule has 1 aliphatic heterocycles. The van der Waals surface area contributed by atoms with E-state index in [9.17, 15) is 13.2 Å². The van der Waals surface area contributed by atoms with Crippen LogP contribution in [0.25, 0.3) is 0 Å². The summed E-state index contributed by atoms with van der Waals surface area (Å²) in [4.78, 5) is 11.1. The first-order valence-electron chi connectivity index (χ1n) is 5.00. The summed E-state index contributed by atoms with van der Waals surface area (Å²) in [7, 11) is -2.84. The number of hydrogen-bond donors (Lipinski definition) is 1. The average Bonchev–Trinajstić information content (AvgIpc) is 2.14. The molecule has 0 saturated carbocycles. The molecule has 0 atom stereocenters. The van der Waals surface area contributed by atoms with E-state index in [-0.39, 0.29) is 17.4 Å². The molecule has 0 aliphatic carbocycles. The van der Waals surface area contributed by atoms with Gasteiger partial charge in [0.25, 0.3) is 0 Å². The highest BCUT2D eigenvalue weighted by Gasteiger charge is 2.35. The summed E-state index contributed by atoms with van der Waals surface area (Å²) < 4.78 is 22.2. The number of carbonyl (C=O) groups is 1. The monoisotopic (exact) mass is 239 g/mol. The molecule has 0 bridgehead atoms. The molecule has 5 heteroatoms. The quantitative estimate of drug-likeness (QED) is 0.821. The van der Waals surface area contributed by atoms with E-state index >= 15 is 0 Å². The van der Waals surface area contributed by atoms with E-state index in [1.54, 1.807) is 19.1 Å². The maximum atomic E-state index is 11.1. The summed E-state index contributed by atoms with van der Waals surface area (Å²) in [5.41, 5.74) is 7.44. The standard InChI is InChI=1S/C11H13NO3S/c1-7-9(8-5-16(14,15)6-8)3-2-4-10(7)11(12)13/h2-4,8H,5-6H2,1H3,(H2,12,13). The van der Waals surface area contributed by atoms with Crippen LogP contribution in [0.2, 0.25) is 0 Å². The van der Waals surface area contributed by atoms with Crippen LogP contribution in [0, 0.1) is 6.92 Å². The van der Waals surface area contributed by atoms with Crippen molar-refractivity contribution in [3.63, 3.8) is 0 Å². The maximum absolute atomic E-state index is 11.1. The average molecular weight is 239 g/mol. The Balaban J connectivity index is 2.37. The Labute approximate surface area is 94.4 Å². The van der Waals surface area contributed by atoms with E-state index in [2.05, 4.69) is 0 Å². The van der Waals surface area contributed by atoms with Crippen LogP contribution in [0.15, 0.2) is 18.2 Å². The lowest BCUT2D eigenvalue weighted by molar-refractivity contribution is 0.0999. The van der Waals surface area contributed by atoms with Crippen molar-refractivity contribution in [3.8, 4) is 0 Å². The first kappa shape index (κ1) is 11.1. The summed E-state index contributed by atoms with van der Waals surface area (Å²) >= 11 is 0. The molecule has 1 aromatic rings. The minimum atomic E-state index is -2.84. The topological polar surface area (TPSA) is 77.2 Å². The Hall–Kier alpha value is -1.36. The second-order valence-electron chi connectivity index (χ2n) is 4.16. The third-order valence-corrected chi connectivity index (χ3v) is 4.81. The highest BCUT2D eigenvalue weighted by atomic mass is 32.2. The van der Waals surface area contributed by atoms with E-state index in [4.69, 9.17) is 5.73 Å². The van der Waals surface area contributed by atoms with E-state index in [1.165, 1.54) is 0 Å². The number of carbonyl (C=O) groups excluding carboxylic acids is 1. The van der Waals surface area contributed by atoms with Gasteiger partial charge in [-0.2, -0.15) is 0 Å². The summed E-state index contributed by atoms with van der Waals surface area (Å²) in [6.07, 6.45) is 0. The van der Waals surface area contributed by atoms with Gasteiger partial charge in [0.05, 0.1) is 11.5 Å². The second-order valence-corrected chi connectivity index (χ2v) is 6.31. The molecule has 0 spiro atoms. The van der Waals surface area contributed by atoms with Crippen molar-refractivity contribution >= 4 is 15.7 Å². The summed E-state index contributed by atoms with van der Waals surface area (Å²) in [5, 5.41) is 0. The first-order chi connectivity index (χ1) is 7.41. The molecule has 1 aliphatic rings. The molecule has 0 unspecified atom stereocenters. The molecule has 86 valence electrons.